The topological polar surface area (TPSA) is 136 Å². The number of carbonyl (C=O) groups is 4. The fourth-order valence-corrected chi connectivity index (χ4v) is 2.86. The number of esters is 2. The molecule has 184 valence electrons. The van der Waals surface area contributed by atoms with E-state index in [4.69, 9.17) is 0 Å². The van der Waals surface area contributed by atoms with E-state index in [1.54, 1.807) is 48.5 Å². The van der Waals surface area contributed by atoms with E-state index in [0.717, 1.165) is 11.1 Å². The van der Waals surface area contributed by atoms with Gasteiger partial charge >= 0.3 is 11.9 Å². The largest absolute Gasteiger partial charge is 0.465 e. The Kier molecular flexibility index (Phi) is 11.3. The summed E-state index contributed by atoms with van der Waals surface area (Å²) < 4.78 is 9.27. The molecule has 0 saturated heterocycles. The normalized spacial score (nSPS) is 10.8. The Balaban J connectivity index is 1.57. The Morgan fingerprint density at radius 3 is 1.37 bits per heavy atom. The Morgan fingerprint density at radius 2 is 1.03 bits per heavy atom. The maximum Gasteiger partial charge on any atom is 0.337 e. The van der Waals surface area contributed by atoms with Crippen LogP contribution in [0.3, 0.4) is 0 Å². The van der Waals surface area contributed by atoms with Gasteiger partial charge in [0.25, 0.3) is 0 Å². The monoisotopic (exact) mass is 480 g/mol. The molecule has 2 aromatic carbocycles. The molecule has 0 aliphatic carbocycles. The summed E-state index contributed by atoms with van der Waals surface area (Å²) in [6.45, 7) is 0. The average Bonchev–Trinajstić information content (AvgIpc) is 2.88. The lowest BCUT2D eigenvalue weighted by Crippen LogP contribution is -2.18. The molecule has 0 heterocycles. The van der Waals surface area contributed by atoms with Crippen LogP contribution in [-0.2, 0) is 19.1 Å². The van der Waals surface area contributed by atoms with E-state index in [-0.39, 0.29) is 11.8 Å². The van der Waals surface area contributed by atoms with Crippen LogP contribution >= 0.6 is 0 Å². The van der Waals surface area contributed by atoms with Gasteiger partial charge in [0.05, 0.1) is 37.8 Å². The molecule has 2 amide bonds. The number of unbranched alkanes of at least 4 members (excludes halogenated alkanes) is 2. The number of amides is 2. The molecular formula is C25H28N4O6. The second kappa shape index (κ2) is 14.7. The Morgan fingerprint density at radius 1 is 0.657 bits per heavy atom. The molecule has 0 atom stereocenters. The predicted molar refractivity (Wildman–Crippen MR) is 130 cm³/mol. The van der Waals surface area contributed by atoms with Gasteiger partial charge in [-0.05, 0) is 48.2 Å². The van der Waals surface area contributed by atoms with Crippen molar-refractivity contribution in [3.05, 3.63) is 70.8 Å². The molecule has 0 unspecified atom stereocenters. The van der Waals surface area contributed by atoms with Gasteiger partial charge in [-0.2, -0.15) is 10.2 Å². The zero-order valence-corrected chi connectivity index (χ0v) is 19.7. The molecule has 0 aliphatic heterocycles. The maximum absolute atomic E-state index is 11.9. The minimum Gasteiger partial charge on any atom is -0.465 e. The number of hydrazone groups is 2. The third-order valence-electron chi connectivity index (χ3n) is 4.78. The summed E-state index contributed by atoms with van der Waals surface area (Å²) >= 11 is 0. The van der Waals surface area contributed by atoms with E-state index in [9.17, 15) is 19.2 Å². The SMILES string of the molecule is COC(=O)c1ccc(/C=N\NC(=O)CCCCCC(=O)N/N=C\c2ccc(C(=O)OC)cc2)cc1. The first kappa shape index (κ1) is 26.9. The first-order valence-electron chi connectivity index (χ1n) is 10.9. The van der Waals surface area contributed by atoms with Gasteiger partial charge in [0.2, 0.25) is 11.8 Å². The summed E-state index contributed by atoms with van der Waals surface area (Å²) in [4.78, 5) is 46.5. The molecule has 0 spiro atoms. The molecule has 0 aromatic heterocycles. The summed E-state index contributed by atoms with van der Waals surface area (Å²) in [7, 11) is 2.63. The zero-order valence-electron chi connectivity index (χ0n) is 19.7. The minimum atomic E-state index is -0.420. The van der Waals surface area contributed by atoms with Crippen LogP contribution in [-0.4, -0.2) is 50.4 Å². The summed E-state index contributed by atoms with van der Waals surface area (Å²) in [6.07, 6.45) is 5.50. The summed E-state index contributed by atoms with van der Waals surface area (Å²) in [6, 6.07) is 13.2. The number of methoxy groups -OCH3 is 2. The molecule has 2 aromatic rings. The fraction of sp³-hybridized carbons (Fsp3) is 0.280. The van der Waals surface area contributed by atoms with Crippen LogP contribution in [0.2, 0.25) is 0 Å². The highest BCUT2D eigenvalue weighted by Crippen LogP contribution is 2.06. The van der Waals surface area contributed by atoms with Crippen molar-refractivity contribution in [2.75, 3.05) is 14.2 Å². The lowest BCUT2D eigenvalue weighted by Gasteiger charge is -2.02. The number of carbonyl (C=O) groups excluding carboxylic acids is 4. The van der Waals surface area contributed by atoms with Gasteiger partial charge in [-0.3, -0.25) is 9.59 Å². The van der Waals surface area contributed by atoms with Crippen LogP contribution in [0, 0.1) is 0 Å². The van der Waals surface area contributed by atoms with Crippen LogP contribution in [0.25, 0.3) is 0 Å². The van der Waals surface area contributed by atoms with E-state index < -0.39 is 11.9 Å². The van der Waals surface area contributed by atoms with Gasteiger partial charge < -0.3 is 9.47 Å². The summed E-state index contributed by atoms with van der Waals surface area (Å²) in [5.74, 6) is -1.29. The number of ether oxygens (including phenoxy) is 2. The average molecular weight is 481 g/mol. The molecule has 10 nitrogen and oxygen atoms in total. The predicted octanol–water partition coefficient (Wildman–Crippen LogP) is 2.81. The lowest BCUT2D eigenvalue weighted by atomic mass is 10.1. The second-order valence-electron chi connectivity index (χ2n) is 7.37. The van der Waals surface area contributed by atoms with E-state index in [1.807, 2.05) is 0 Å². The Labute approximate surface area is 203 Å². The number of hydrogen-bond acceptors (Lipinski definition) is 8. The van der Waals surface area contributed by atoms with Crippen molar-refractivity contribution >= 4 is 36.2 Å². The number of nitrogens with one attached hydrogen (secondary N) is 2. The molecule has 10 heteroatoms. The van der Waals surface area contributed by atoms with Crippen LogP contribution in [0.15, 0.2) is 58.7 Å². The zero-order chi connectivity index (χ0) is 25.5. The van der Waals surface area contributed by atoms with Crippen molar-refractivity contribution in [3.63, 3.8) is 0 Å². The van der Waals surface area contributed by atoms with E-state index in [2.05, 4.69) is 30.5 Å². The number of rotatable bonds is 12. The maximum atomic E-state index is 11.9. The van der Waals surface area contributed by atoms with Gasteiger partial charge in [0.1, 0.15) is 0 Å². The van der Waals surface area contributed by atoms with Crippen LogP contribution in [0.4, 0.5) is 0 Å². The van der Waals surface area contributed by atoms with Crippen molar-refractivity contribution in [1.29, 1.82) is 0 Å². The van der Waals surface area contributed by atoms with Crippen LogP contribution in [0.1, 0.15) is 63.9 Å². The molecule has 0 aliphatic rings. The third-order valence-corrected chi connectivity index (χ3v) is 4.78. The van der Waals surface area contributed by atoms with Crippen molar-refractivity contribution in [2.45, 2.75) is 32.1 Å². The van der Waals surface area contributed by atoms with Crippen LogP contribution in [0.5, 0.6) is 0 Å². The van der Waals surface area contributed by atoms with Gasteiger partial charge in [0.15, 0.2) is 0 Å². The molecule has 35 heavy (non-hydrogen) atoms. The highest BCUT2D eigenvalue weighted by molar-refractivity contribution is 5.91. The van der Waals surface area contributed by atoms with Crippen molar-refractivity contribution in [3.8, 4) is 0 Å². The lowest BCUT2D eigenvalue weighted by molar-refractivity contribution is -0.121. The third kappa shape index (κ3) is 9.99. The van der Waals surface area contributed by atoms with Gasteiger partial charge in [-0.15, -0.1) is 0 Å². The molecular weight excluding hydrogens is 452 g/mol. The second-order valence-corrected chi connectivity index (χ2v) is 7.37. The number of benzene rings is 2. The molecule has 0 radical (unpaired) electrons. The van der Waals surface area contributed by atoms with E-state index in [1.165, 1.54) is 26.6 Å². The number of nitrogens with zero attached hydrogens (tertiary/aromatic N) is 2. The number of hydrogen-bond donors (Lipinski definition) is 2. The first-order chi connectivity index (χ1) is 16.9. The highest BCUT2D eigenvalue weighted by atomic mass is 16.5. The fourth-order valence-electron chi connectivity index (χ4n) is 2.86. The molecule has 2 N–H and O–H groups in total. The standard InChI is InChI=1S/C25H28N4O6/c1-34-24(32)20-12-8-18(9-13-20)16-26-28-22(30)6-4-3-5-7-23(31)29-27-17-19-10-14-21(15-11-19)25(33)35-2/h8-17H,3-7H2,1-2H3,(H,28,30)(H,29,31)/b26-16-,27-17-. The van der Waals surface area contributed by atoms with E-state index in [0.29, 0.717) is 43.2 Å². The summed E-state index contributed by atoms with van der Waals surface area (Å²) in [5.41, 5.74) is 7.22. The summed E-state index contributed by atoms with van der Waals surface area (Å²) in [5, 5.41) is 7.79. The van der Waals surface area contributed by atoms with Crippen LogP contribution < -0.4 is 10.9 Å². The van der Waals surface area contributed by atoms with Gasteiger partial charge in [-0.25, -0.2) is 20.4 Å². The Hall–Kier alpha value is -4.34. The quantitative estimate of drug-likeness (QED) is 0.208. The molecule has 0 bridgehead atoms. The van der Waals surface area contributed by atoms with Gasteiger partial charge in [0, 0.05) is 12.8 Å². The molecule has 0 fully saturated rings. The van der Waals surface area contributed by atoms with Crippen molar-refractivity contribution < 1.29 is 28.7 Å². The van der Waals surface area contributed by atoms with Gasteiger partial charge in [-0.1, -0.05) is 30.7 Å². The van der Waals surface area contributed by atoms with Crippen molar-refractivity contribution in [1.82, 2.24) is 10.9 Å². The molecule has 2 rings (SSSR count). The highest BCUT2D eigenvalue weighted by Gasteiger charge is 2.05. The smallest absolute Gasteiger partial charge is 0.337 e. The minimum absolute atomic E-state index is 0.222. The van der Waals surface area contributed by atoms with Crippen molar-refractivity contribution in [2.24, 2.45) is 10.2 Å². The van der Waals surface area contributed by atoms with E-state index >= 15 is 0 Å². The first-order valence-corrected chi connectivity index (χ1v) is 10.9. The Bertz CT molecular complexity index is 977. The molecule has 0 saturated carbocycles.